The van der Waals surface area contributed by atoms with Gasteiger partial charge in [-0.2, -0.15) is 0 Å². The van der Waals surface area contributed by atoms with Crippen LogP contribution in [0.5, 0.6) is 0 Å². The van der Waals surface area contributed by atoms with Gasteiger partial charge in [-0.15, -0.1) is 0 Å². The third-order valence-corrected chi connectivity index (χ3v) is 6.48. The van der Waals surface area contributed by atoms with Crippen molar-refractivity contribution in [2.24, 2.45) is 0 Å². The minimum absolute atomic E-state index is 0.0674. The Hall–Kier alpha value is -2.24. The molecule has 2 fully saturated rings. The summed E-state index contributed by atoms with van der Waals surface area (Å²) in [7, 11) is 1.91. The second-order valence-electron chi connectivity index (χ2n) is 8.42. The fourth-order valence-electron chi connectivity index (χ4n) is 4.68. The van der Waals surface area contributed by atoms with Crippen LogP contribution >= 0.6 is 0 Å². The molecule has 1 aromatic carbocycles. The summed E-state index contributed by atoms with van der Waals surface area (Å²) >= 11 is 0. The predicted octanol–water partition coefficient (Wildman–Crippen LogP) is 3.46. The number of amides is 1. The van der Waals surface area contributed by atoms with Crippen molar-refractivity contribution in [1.29, 1.82) is 0 Å². The van der Waals surface area contributed by atoms with Crippen molar-refractivity contribution in [2.45, 2.75) is 44.2 Å². The van der Waals surface area contributed by atoms with Gasteiger partial charge >= 0.3 is 0 Å². The van der Waals surface area contributed by atoms with Crippen LogP contribution < -0.4 is 5.32 Å². The van der Waals surface area contributed by atoms with Gasteiger partial charge in [-0.25, -0.2) is 4.98 Å². The summed E-state index contributed by atoms with van der Waals surface area (Å²) in [6.07, 6.45) is 3.57. The minimum atomic E-state index is 0.0674. The highest BCUT2D eigenvalue weighted by Gasteiger charge is 2.38. The van der Waals surface area contributed by atoms with E-state index in [1.54, 1.807) is 0 Å². The number of nitrogens with one attached hydrogen (secondary N) is 1. The van der Waals surface area contributed by atoms with Gasteiger partial charge in [-0.05, 0) is 64.0 Å². The number of carbonyl (C=O) groups is 1. The number of nitrogens with zero attached hydrogens (tertiary/aromatic N) is 3. The molecule has 2 aliphatic heterocycles. The van der Waals surface area contributed by atoms with E-state index in [4.69, 9.17) is 0 Å². The van der Waals surface area contributed by atoms with E-state index in [2.05, 4.69) is 57.4 Å². The molecule has 3 atom stereocenters. The quantitative estimate of drug-likeness (QED) is 0.818. The Bertz CT molecular complexity index is 819. The molecule has 3 heterocycles. The van der Waals surface area contributed by atoms with Crippen LogP contribution in [0.3, 0.4) is 0 Å². The van der Waals surface area contributed by atoms with Crippen LogP contribution in [0.2, 0.25) is 0 Å². The van der Waals surface area contributed by atoms with E-state index >= 15 is 0 Å². The molecule has 5 nitrogen and oxygen atoms in total. The smallest absolute Gasteiger partial charge is 0.272 e. The van der Waals surface area contributed by atoms with Gasteiger partial charge in [-0.1, -0.05) is 36.4 Å². The molecule has 1 amide bonds. The summed E-state index contributed by atoms with van der Waals surface area (Å²) in [4.78, 5) is 22.8. The topological polar surface area (TPSA) is 48.5 Å². The molecular weight excluding hydrogens is 360 g/mol. The van der Waals surface area contributed by atoms with Gasteiger partial charge in [0.15, 0.2) is 0 Å². The van der Waals surface area contributed by atoms with E-state index < -0.39 is 0 Å². The zero-order valence-corrected chi connectivity index (χ0v) is 17.6. The maximum Gasteiger partial charge on any atom is 0.272 e. The van der Waals surface area contributed by atoms with Gasteiger partial charge < -0.3 is 15.1 Å². The molecule has 2 saturated heterocycles. The fourth-order valence-corrected chi connectivity index (χ4v) is 4.68. The highest BCUT2D eigenvalue weighted by molar-refractivity contribution is 5.93. The van der Waals surface area contributed by atoms with Crippen molar-refractivity contribution in [2.75, 3.05) is 33.2 Å². The molecule has 2 aromatic rings. The molecule has 5 heteroatoms. The lowest BCUT2D eigenvalue weighted by atomic mass is 9.96. The molecule has 3 unspecified atom stereocenters. The maximum absolute atomic E-state index is 13.5. The van der Waals surface area contributed by atoms with Gasteiger partial charge in [0.25, 0.3) is 5.91 Å². The first-order valence-electron chi connectivity index (χ1n) is 10.9. The number of hydrogen-bond donors (Lipinski definition) is 1. The van der Waals surface area contributed by atoms with E-state index in [0.29, 0.717) is 11.6 Å². The standard InChI is InChI=1S/C24H32N4O/c1-18(25-2)22-11-8-12-23(26-22)24(29)28-16-20(19-9-4-3-5-10-19)15-21(28)17-27-13-6-7-14-27/h3-5,8-12,18,20-21,25H,6-7,13-17H2,1-2H3. The second-order valence-corrected chi connectivity index (χ2v) is 8.42. The average Bonchev–Trinajstić information content (AvgIpc) is 3.44. The summed E-state index contributed by atoms with van der Waals surface area (Å²) in [5, 5.41) is 3.21. The summed E-state index contributed by atoms with van der Waals surface area (Å²) in [5.41, 5.74) is 2.80. The van der Waals surface area contributed by atoms with E-state index in [0.717, 1.165) is 38.3 Å². The van der Waals surface area contributed by atoms with Crippen LogP contribution in [-0.4, -0.2) is 60.0 Å². The SMILES string of the molecule is CNC(C)c1cccc(C(=O)N2CC(c3ccccc3)CC2CN2CCCC2)n1. The number of benzene rings is 1. The first-order chi connectivity index (χ1) is 14.2. The van der Waals surface area contributed by atoms with Crippen molar-refractivity contribution in [3.8, 4) is 0 Å². The molecule has 1 N–H and O–H groups in total. The zero-order valence-electron chi connectivity index (χ0n) is 17.6. The third kappa shape index (κ3) is 4.51. The Balaban J connectivity index is 1.57. The number of aromatic nitrogens is 1. The molecule has 0 aliphatic carbocycles. The monoisotopic (exact) mass is 392 g/mol. The van der Waals surface area contributed by atoms with E-state index in [9.17, 15) is 4.79 Å². The van der Waals surface area contributed by atoms with Gasteiger partial charge in [0.1, 0.15) is 5.69 Å². The van der Waals surface area contributed by atoms with Crippen LogP contribution in [0.4, 0.5) is 0 Å². The number of rotatable bonds is 6. The molecule has 0 saturated carbocycles. The molecule has 0 radical (unpaired) electrons. The van der Waals surface area contributed by atoms with Gasteiger partial charge in [0.05, 0.1) is 5.69 Å². The van der Waals surface area contributed by atoms with Crippen molar-refractivity contribution >= 4 is 5.91 Å². The van der Waals surface area contributed by atoms with Gasteiger partial charge in [0, 0.05) is 31.1 Å². The highest BCUT2D eigenvalue weighted by atomic mass is 16.2. The number of pyridine rings is 1. The molecule has 154 valence electrons. The van der Waals surface area contributed by atoms with Crippen LogP contribution in [0.25, 0.3) is 0 Å². The lowest BCUT2D eigenvalue weighted by molar-refractivity contribution is 0.0701. The van der Waals surface area contributed by atoms with Crippen LogP contribution in [-0.2, 0) is 0 Å². The molecule has 2 aliphatic rings. The lowest BCUT2D eigenvalue weighted by Gasteiger charge is -2.28. The molecule has 4 rings (SSSR count). The molecule has 0 spiro atoms. The van der Waals surface area contributed by atoms with Crippen molar-refractivity contribution in [3.05, 3.63) is 65.5 Å². The Morgan fingerprint density at radius 1 is 1.14 bits per heavy atom. The highest BCUT2D eigenvalue weighted by Crippen LogP contribution is 2.33. The van der Waals surface area contributed by atoms with Crippen molar-refractivity contribution < 1.29 is 4.79 Å². The van der Waals surface area contributed by atoms with Crippen LogP contribution in [0.15, 0.2) is 48.5 Å². The van der Waals surface area contributed by atoms with Crippen molar-refractivity contribution in [1.82, 2.24) is 20.1 Å². The lowest BCUT2D eigenvalue weighted by Crippen LogP contribution is -2.43. The number of likely N-dealkylation sites (tertiary alicyclic amines) is 2. The Morgan fingerprint density at radius 3 is 2.62 bits per heavy atom. The average molecular weight is 393 g/mol. The van der Waals surface area contributed by atoms with Crippen LogP contribution in [0.1, 0.15) is 59.9 Å². The normalized spacial score (nSPS) is 23.4. The van der Waals surface area contributed by atoms with E-state index in [-0.39, 0.29) is 18.0 Å². The first kappa shape index (κ1) is 20.0. The van der Waals surface area contributed by atoms with Crippen LogP contribution in [0, 0.1) is 0 Å². The largest absolute Gasteiger partial charge is 0.332 e. The number of hydrogen-bond acceptors (Lipinski definition) is 4. The van der Waals surface area contributed by atoms with E-state index in [1.165, 1.54) is 18.4 Å². The molecule has 1 aromatic heterocycles. The van der Waals surface area contributed by atoms with E-state index in [1.807, 2.05) is 25.2 Å². The Kier molecular flexibility index (Phi) is 6.26. The summed E-state index contributed by atoms with van der Waals surface area (Å²) in [6, 6.07) is 16.8. The van der Waals surface area contributed by atoms with Crippen molar-refractivity contribution in [3.63, 3.8) is 0 Å². The second kappa shape index (κ2) is 9.06. The Labute approximate surface area is 174 Å². The number of carbonyl (C=O) groups excluding carboxylic acids is 1. The minimum Gasteiger partial charge on any atom is -0.332 e. The molecule has 29 heavy (non-hydrogen) atoms. The fraction of sp³-hybridized carbons (Fsp3) is 0.500. The summed E-state index contributed by atoms with van der Waals surface area (Å²) in [6.45, 7) is 6.12. The third-order valence-electron chi connectivity index (χ3n) is 6.48. The first-order valence-corrected chi connectivity index (χ1v) is 10.9. The summed E-state index contributed by atoms with van der Waals surface area (Å²) in [5.74, 6) is 0.463. The zero-order chi connectivity index (χ0) is 20.2. The maximum atomic E-state index is 13.5. The van der Waals surface area contributed by atoms with Gasteiger partial charge in [0.2, 0.25) is 0 Å². The predicted molar refractivity (Wildman–Crippen MR) is 116 cm³/mol. The molecule has 0 bridgehead atoms. The molecular formula is C24H32N4O. The Morgan fingerprint density at radius 2 is 1.90 bits per heavy atom. The summed E-state index contributed by atoms with van der Waals surface area (Å²) < 4.78 is 0. The van der Waals surface area contributed by atoms with Gasteiger partial charge in [-0.3, -0.25) is 4.79 Å².